The van der Waals surface area contributed by atoms with Gasteiger partial charge in [0.25, 0.3) is 0 Å². The average molecular weight is 264 g/mol. The van der Waals surface area contributed by atoms with Gasteiger partial charge in [0.1, 0.15) is 0 Å². The number of rotatable bonds is 3. The van der Waals surface area contributed by atoms with Crippen molar-refractivity contribution in [1.29, 1.82) is 0 Å². The molecule has 15 heavy (non-hydrogen) atoms. The van der Waals surface area contributed by atoms with Crippen molar-refractivity contribution in [3.63, 3.8) is 0 Å². The van der Waals surface area contributed by atoms with Crippen LogP contribution in [0.4, 0.5) is 0 Å². The van der Waals surface area contributed by atoms with E-state index in [4.69, 9.17) is 23.2 Å². The van der Waals surface area contributed by atoms with Gasteiger partial charge < -0.3 is 0 Å². The fourth-order valence-corrected chi connectivity index (χ4v) is 3.47. The number of likely N-dealkylation sites (tertiary alicyclic amines) is 1. The summed E-state index contributed by atoms with van der Waals surface area (Å²) in [5, 5.41) is 2.45. The van der Waals surface area contributed by atoms with Crippen LogP contribution in [0.1, 0.15) is 18.9 Å². The molecule has 0 saturated carbocycles. The summed E-state index contributed by atoms with van der Waals surface area (Å²) in [4.78, 5) is 2.42. The normalized spacial score (nSPS) is 27.4. The second-order valence-corrected chi connectivity index (χ2v) is 6.24. The minimum absolute atomic E-state index is 0.323. The van der Waals surface area contributed by atoms with Gasteiger partial charge in [-0.2, -0.15) is 0 Å². The predicted octanol–water partition coefficient (Wildman–Crippen LogP) is 3.85. The summed E-state index contributed by atoms with van der Waals surface area (Å²) in [5.74, 6) is 0.653. The second-order valence-electron chi connectivity index (χ2n) is 4.14. The Morgan fingerprint density at radius 2 is 2.33 bits per heavy atom. The first-order valence-electron chi connectivity index (χ1n) is 5.28. The van der Waals surface area contributed by atoms with Gasteiger partial charge in [-0.25, -0.2) is 0 Å². The van der Waals surface area contributed by atoms with Crippen LogP contribution in [-0.2, 0) is 6.54 Å². The van der Waals surface area contributed by atoms with Gasteiger partial charge in [-0.05, 0) is 22.9 Å². The highest BCUT2D eigenvalue weighted by molar-refractivity contribution is 7.14. The average Bonchev–Trinajstić information content (AvgIpc) is 2.73. The molecule has 84 valence electrons. The Bertz CT molecular complexity index is 326. The molecule has 1 aromatic rings. The highest BCUT2D eigenvalue weighted by Crippen LogP contribution is 2.27. The number of hydrogen-bond donors (Lipinski definition) is 0. The zero-order valence-corrected chi connectivity index (χ0v) is 11.1. The van der Waals surface area contributed by atoms with E-state index in [2.05, 4.69) is 23.3 Å². The Hall–Kier alpha value is 0.240. The van der Waals surface area contributed by atoms with Gasteiger partial charge in [0.2, 0.25) is 0 Å². The highest BCUT2D eigenvalue weighted by Gasteiger charge is 2.29. The van der Waals surface area contributed by atoms with Gasteiger partial charge in [-0.1, -0.05) is 24.9 Å². The monoisotopic (exact) mass is 263 g/mol. The molecule has 4 heteroatoms. The largest absolute Gasteiger partial charge is 0.297 e. The molecular weight excluding hydrogens is 249 g/mol. The van der Waals surface area contributed by atoms with E-state index in [9.17, 15) is 0 Å². The van der Waals surface area contributed by atoms with Crippen molar-refractivity contribution in [2.45, 2.75) is 25.3 Å². The Kier molecular flexibility index (Phi) is 3.94. The maximum Gasteiger partial charge on any atom is 0.0931 e. The standard InChI is InChI=1S/C11H15Cl2NS/c1-2-9-5-14(6-10(9)12)4-8-3-11(13)15-7-8/h3,7,9-10H,2,4-6H2,1H3. The predicted molar refractivity (Wildman–Crippen MR) is 68.0 cm³/mol. The minimum Gasteiger partial charge on any atom is -0.297 e. The Morgan fingerprint density at radius 1 is 1.53 bits per heavy atom. The van der Waals surface area contributed by atoms with E-state index >= 15 is 0 Å². The Labute approximate surface area is 105 Å². The third kappa shape index (κ3) is 2.88. The molecule has 2 unspecified atom stereocenters. The summed E-state index contributed by atoms with van der Waals surface area (Å²) < 4.78 is 0.874. The van der Waals surface area contributed by atoms with E-state index in [1.807, 2.05) is 0 Å². The van der Waals surface area contributed by atoms with Crippen molar-refractivity contribution < 1.29 is 0 Å². The zero-order chi connectivity index (χ0) is 10.8. The molecule has 0 radical (unpaired) electrons. The Morgan fingerprint density at radius 3 is 2.87 bits per heavy atom. The molecule has 1 aromatic heterocycles. The van der Waals surface area contributed by atoms with E-state index in [-0.39, 0.29) is 0 Å². The molecule has 0 bridgehead atoms. The highest BCUT2D eigenvalue weighted by atomic mass is 35.5. The molecular formula is C11H15Cl2NS. The van der Waals surface area contributed by atoms with Crippen LogP contribution in [-0.4, -0.2) is 23.4 Å². The first-order valence-corrected chi connectivity index (χ1v) is 6.97. The van der Waals surface area contributed by atoms with E-state index in [0.717, 1.165) is 24.0 Å². The van der Waals surface area contributed by atoms with E-state index in [1.54, 1.807) is 11.3 Å². The molecule has 1 aliphatic heterocycles. The summed E-state index contributed by atoms with van der Waals surface area (Å²) in [6.45, 7) is 5.33. The van der Waals surface area contributed by atoms with Crippen LogP contribution >= 0.6 is 34.5 Å². The lowest BCUT2D eigenvalue weighted by Gasteiger charge is -2.13. The molecule has 0 spiro atoms. The molecule has 1 fully saturated rings. The van der Waals surface area contributed by atoms with E-state index < -0.39 is 0 Å². The minimum atomic E-state index is 0.323. The van der Waals surface area contributed by atoms with Crippen molar-refractivity contribution in [2.75, 3.05) is 13.1 Å². The topological polar surface area (TPSA) is 3.24 Å². The number of nitrogens with zero attached hydrogens (tertiary/aromatic N) is 1. The molecule has 2 rings (SSSR count). The van der Waals surface area contributed by atoms with Crippen molar-refractivity contribution in [2.24, 2.45) is 5.92 Å². The first kappa shape index (κ1) is 11.7. The summed E-state index contributed by atoms with van der Waals surface area (Å²) >= 11 is 13.8. The van der Waals surface area contributed by atoms with E-state index in [1.165, 1.54) is 12.0 Å². The zero-order valence-electron chi connectivity index (χ0n) is 8.75. The number of halogens is 2. The lowest BCUT2D eigenvalue weighted by molar-refractivity contribution is 0.315. The van der Waals surface area contributed by atoms with Crippen LogP contribution in [0.5, 0.6) is 0 Å². The van der Waals surface area contributed by atoms with Crippen LogP contribution in [0.3, 0.4) is 0 Å². The van der Waals surface area contributed by atoms with Crippen molar-refractivity contribution in [1.82, 2.24) is 4.90 Å². The summed E-state index contributed by atoms with van der Waals surface area (Å²) in [6.07, 6.45) is 1.18. The summed E-state index contributed by atoms with van der Waals surface area (Å²) in [6, 6.07) is 2.05. The fraction of sp³-hybridized carbons (Fsp3) is 0.636. The summed E-state index contributed by atoms with van der Waals surface area (Å²) in [7, 11) is 0. The third-order valence-corrected chi connectivity index (χ3v) is 4.62. The molecule has 1 saturated heterocycles. The molecule has 2 heterocycles. The lowest BCUT2D eigenvalue weighted by atomic mass is 10.1. The Balaban J connectivity index is 1.92. The van der Waals surface area contributed by atoms with Gasteiger partial charge in [0.15, 0.2) is 0 Å². The number of alkyl halides is 1. The van der Waals surface area contributed by atoms with Crippen LogP contribution in [0.25, 0.3) is 0 Å². The maximum atomic E-state index is 6.28. The molecule has 1 aliphatic rings. The van der Waals surface area contributed by atoms with Crippen LogP contribution < -0.4 is 0 Å². The molecule has 0 aliphatic carbocycles. The van der Waals surface area contributed by atoms with Gasteiger partial charge in [-0.15, -0.1) is 22.9 Å². The van der Waals surface area contributed by atoms with E-state index in [0.29, 0.717) is 11.3 Å². The van der Waals surface area contributed by atoms with Crippen molar-refractivity contribution in [3.05, 3.63) is 21.3 Å². The maximum absolute atomic E-state index is 6.28. The smallest absolute Gasteiger partial charge is 0.0931 e. The quantitative estimate of drug-likeness (QED) is 0.749. The summed E-state index contributed by atoms with van der Waals surface area (Å²) in [5.41, 5.74) is 1.31. The number of thiophene rings is 1. The van der Waals surface area contributed by atoms with Crippen LogP contribution in [0.2, 0.25) is 4.34 Å². The van der Waals surface area contributed by atoms with Gasteiger partial charge in [0.05, 0.1) is 9.71 Å². The first-order chi connectivity index (χ1) is 7.19. The third-order valence-electron chi connectivity index (χ3n) is 2.99. The van der Waals surface area contributed by atoms with Crippen molar-refractivity contribution in [3.8, 4) is 0 Å². The van der Waals surface area contributed by atoms with Crippen LogP contribution in [0, 0.1) is 5.92 Å². The molecule has 0 amide bonds. The molecule has 0 N–H and O–H groups in total. The second kappa shape index (κ2) is 5.05. The molecule has 0 aromatic carbocycles. The van der Waals surface area contributed by atoms with Gasteiger partial charge in [0, 0.05) is 19.6 Å². The van der Waals surface area contributed by atoms with Gasteiger partial charge in [-0.3, -0.25) is 4.90 Å². The SMILES string of the molecule is CCC1CN(Cc2csc(Cl)c2)CC1Cl. The number of hydrogen-bond acceptors (Lipinski definition) is 2. The van der Waals surface area contributed by atoms with Crippen LogP contribution in [0.15, 0.2) is 11.4 Å². The molecule has 2 atom stereocenters. The fourth-order valence-electron chi connectivity index (χ4n) is 2.12. The van der Waals surface area contributed by atoms with Crippen molar-refractivity contribution >= 4 is 34.5 Å². The molecule has 1 nitrogen and oxygen atoms in total. The van der Waals surface area contributed by atoms with Gasteiger partial charge >= 0.3 is 0 Å². The lowest BCUT2D eigenvalue weighted by Crippen LogP contribution is -2.20.